The van der Waals surface area contributed by atoms with Crippen LogP contribution in [0.4, 0.5) is 5.69 Å². The number of rotatable bonds is 4. The number of ether oxygens (including phenoxy) is 2. The maximum Gasteiger partial charge on any atom is 0.338 e. The van der Waals surface area contributed by atoms with Crippen molar-refractivity contribution in [3.63, 3.8) is 0 Å². The number of hydrogen-bond donors (Lipinski definition) is 0. The number of nitrogens with zero attached hydrogens (tertiary/aromatic N) is 3. The second-order valence-corrected chi connectivity index (χ2v) is 10.1. The van der Waals surface area contributed by atoms with Gasteiger partial charge in [0.25, 0.3) is 11.5 Å². The molecule has 0 bridgehead atoms. The molecule has 36 heavy (non-hydrogen) atoms. The zero-order chi connectivity index (χ0) is 25.7. The maximum atomic E-state index is 14.0. The number of likely N-dealkylation sites (N-methyl/N-ethyl adjacent to an activating group) is 1. The fourth-order valence-corrected chi connectivity index (χ4v) is 6.29. The monoisotopic (exact) mass is 567 g/mol. The number of allylic oxidation sites excluding steroid dienone is 1. The summed E-state index contributed by atoms with van der Waals surface area (Å²) >= 11 is 4.65. The molecule has 0 unspecified atom stereocenters. The van der Waals surface area contributed by atoms with Crippen molar-refractivity contribution in [2.45, 2.75) is 19.9 Å². The molecule has 1 aromatic heterocycles. The van der Waals surface area contributed by atoms with Crippen LogP contribution in [0.15, 0.2) is 68.0 Å². The molecule has 8 nitrogen and oxygen atoms in total. The van der Waals surface area contributed by atoms with E-state index < -0.39 is 17.6 Å². The van der Waals surface area contributed by atoms with Crippen molar-refractivity contribution in [2.75, 3.05) is 25.7 Å². The van der Waals surface area contributed by atoms with Crippen LogP contribution in [0.2, 0.25) is 0 Å². The number of carbonyl (C=O) groups is 2. The molecule has 0 N–H and O–H groups in total. The lowest BCUT2D eigenvalue weighted by Gasteiger charge is -2.25. The van der Waals surface area contributed by atoms with E-state index in [1.807, 2.05) is 30.3 Å². The number of anilines is 1. The molecule has 3 heterocycles. The Morgan fingerprint density at radius 3 is 2.64 bits per heavy atom. The number of halogens is 1. The molecule has 1 atom stereocenters. The normalized spacial score (nSPS) is 18.1. The summed E-state index contributed by atoms with van der Waals surface area (Å²) < 4.78 is 13.1. The number of thiazole rings is 1. The Labute approximate surface area is 218 Å². The van der Waals surface area contributed by atoms with Crippen molar-refractivity contribution >= 4 is 50.4 Å². The number of carbonyl (C=O) groups excluding carboxylic acids is 2. The van der Waals surface area contributed by atoms with Gasteiger partial charge in [0.1, 0.15) is 10.3 Å². The predicted molar refractivity (Wildman–Crippen MR) is 140 cm³/mol. The minimum atomic E-state index is -0.790. The number of esters is 1. The zero-order valence-corrected chi connectivity index (χ0v) is 22.4. The molecular formula is C26H22BrN3O5S. The lowest BCUT2D eigenvalue weighted by atomic mass is 9.96. The second-order valence-electron chi connectivity index (χ2n) is 8.27. The molecule has 2 aliphatic rings. The molecule has 184 valence electrons. The molecule has 0 aliphatic carbocycles. The van der Waals surface area contributed by atoms with Gasteiger partial charge in [0, 0.05) is 12.6 Å². The third-order valence-corrected chi connectivity index (χ3v) is 7.94. The number of benzene rings is 2. The first-order chi connectivity index (χ1) is 17.3. The van der Waals surface area contributed by atoms with E-state index in [-0.39, 0.29) is 22.6 Å². The Hall–Kier alpha value is -3.50. The average Bonchev–Trinajstić information content (AvgIpc) is 3.31. The highest BCUT2D eigenvalue weighted by Crippen LogP contribution is 2.36. The summed E-state index contributed by atoms with van der Waals surface area (Å²) in [6.45, 7) is 3.63. The van der Waals surface area contributed by atoms with Gasteiger partial charge in [-0.2, -0.15) is 0 Å². The van der Waals surface area contributed by atoms with Gasteiger partial charge in [-0.3, -0.25) is 14.2 Å². The van der Waals surface area contributed by atoms with Crippen LogP contribution in [-0.2, 0) is 14.3 Å². The van der Waals surface area contributed by atoms with E-state index in [1.165, 1.54) is 9.47 Å². The second kappa shape index (κ2) is 9.18. The SMILES string of the molecule is CCOC(=O)C1=C(C)N=c2s/c(=C3\C(=O)N(C)c4ccccc43)c(=O)n2[C@@H]1c1ccc(OC)c(Br)c1. The minimum Gasteiger partial charge on any atom is -0.496 e. The van der Waals surface area contributed by atoms with Crippen molar-refractivity contribution in [2.24, 2.45) is 4.99 Å². The quantitative estimate of drug-likeness (QED) is 0.452. The van der Waals surface area contributed by atoms with Gasteiger partial charge in [-0.25, -0.2) is 9.79 Å². The third-order valence-electron chi connectivity index (χ3n) is 6.26. The number of fused-ring (bicyclic) bond motifs is 2. The van der Waals surface area contributed by atoms with Crippen LogP contribution >= 0.6 is 27.3 Å². The lowest BCUT2D eigenvalue weighted by molar-refractivity contribution is -0.139. The van der Waals surface area contributed by atoms with Crippen LogP contribution in [0.3, 0.4) is 0 Å². The van der Waals surface area contributed by atoms with Gasteiger partial charge >= 0.3 is 5.97 Å². The summed E-state index contributed by atoms with van der Waals surface area (Å²) in [6, 6.07) is 12.0. The van der Waals surface area contributed by atoms with Gasteiger partial charge < -0.3 is 14.4 Å². The molecule has 10 heteroatoms. The standard InChI is InChI=1S/C26H22BrN3O5S/c1-5-35-25(33)19-13(2)28-26-30(21(19)14-10-11-18(34-4)16(27)12-14)24(32)22(36-26)20-15-8-6-7-9-17(15)29(3)23(20)31/h6-12,21H,5H2,1-4H3/b22-20-/t21-/m1/s1. The van der Waals surface area contributed by atoms with Crippen molar-refractivity contribution in [3.05, 3.63) is 89.0 Å². The minimum absolute atomic E-state index is 0.181. The Morgan fingerprint density at radius 1 is 1.19 bits per heavy atom. The van der Waals surface area contributed by atoms with Gasteiger partial charge in [-0.1, -0.05) is 35.6 Å². The summed E-state index contributed by atoms with van der Waals surface area (Å²) in [7, 11) is 3.25. The van der Waals surface area contributed by atoms with E-state index in [9.17, 15) is 14.4 Å². The lowest BCUT2D eigenvalue weighted by Crippen LogP contribution is -2.40. The highest BCUT2D eigenvalue weighted by molar-refractivity contribution is 9.10. The molecule has 0 spiro atoms. The molecular weight excluding hydrogens is 546 g/mol. The van der Waals surface area contributed by atoms with Crippen molar-refractivity contribution in [1.82, 2.24) is 4.57 Å². The van der Waals surface area contributed by atoms with Gasteiger partial charge in [0.15, 0.2) is 4.80 Å². The van der Waals surface area contributed by atoms with Crippen molar-refractivity contribution in [1.29, 1.82) is 0 Å². The van der Waals surface area contributed by atoms with Crippen LogP contribution in [0.1, 0.15) is 31.0 Å². The molecule has 2 aliphatic heterocycles. The highest BCUT2D eigenvalue weighted by Gasteiger charge is 2.36. The van der Waals surface area contributed by atoms with Crippen LogP contribution in [0.25, 0.3) is 5.57 Å². The van der Waals surface area contributed by atoms with E-state index in [0.29, 0.717) is 37.4 Å². The Bertz CT molecular complexity index is 1650. The Morgan fingerprint density at radius 2 is 1.94 bits per heavy atom. The third kappa shape index (κ3) is 3.63. The molecule has 0 fully saturated rings. The van der Waals surface area contributed by atoms with Gasteiger partial charge in [0.05, 0.1) is 46.8 Å². The van der Waals surface area contributed by atoms with E-state index in [4.69, 9.17) is 9.47 Å². The molecule has 0 radical (unpaired) electrons. The van der Waals surface area contributed by atoms with E-state index in [2.05, 4.69) is 20.9 Å². The number of hydrogen-bond acceptors (Lipinski definition) is 7. The summed E-state index contributed by atoms with van der Waals surface area (Å²) in [4.78, 5) is 46.9. The van der Waals surface area contributed by atoms with Crippen LogP contribution in [-0.4, -0.2) is 37.2 Å². The average molecular weight is 568 g/mol. The number of amides is 1. The van der Waals surface area contributed by atoms with E-state index in [0.717, 1.165) is 17.0 Å². The van der Waals surface area contributed by atoms with Gasteiger partial charge in [-0.05, 0) is 53.5 Å². The van der Waals surface area contributed by atoms with Gasteiger partial charge in [0.2, 0.25) is 0 Å². The molecule has 1 amide bonds. The molecule has 0 saturated carbocycles. The molecule has 2 aromatic carbocycles. The first kappa shape index (κ1) is 24.2. The van der Waals surface area contributed by atoms with Gasteiger partial charge in [-0.15, -0.1) is 0 Å². The molecule has 5 rings (SSSR count). The number of methoxy groups -OCH3 is 1. The molecule has 0 saturated heterocycles. The maximum absolute atomic E-state index is 14.0. The van der Waals surface area contributed by atoms with E-state index >= 15 is 0 Å². The van der Waals surface area contributed by atoms with Crippen LogP contribution in [0.5, 0.6) is 5.75 Å². The number of para-hydroxylation sites is 1. The number of aromatic nitrogens is 1. The fourth-order valence-electron chi connectivity index (χ4n) is 4.60. The first-order valence-electron chi connectivity index (χ1n) is 11.2. The largest absolute Gasteiger partial charge is 0.496 e. The van der Waals surface area contributed by atoms with Crippen LogP contribution in [0, 0.1) is 0 Å². The highest BCUT2D eigenvalue weighted by atomic mass is 79.9. The van der Waals surface area contributed by atoms with E-state index in [1.54, 1.807) is 40.1 Å². The van der Waals surface area contributed by atoms with Crippen molar-refractivity contribution < 1.29 is 19.1 Å². The Kier molecular flexibility index (Phi) is 6.17. The van der Waals surface area contributed by atoms with Crippen LogP contribution < -0.4 is 24.5 Å². The Balaban J connectivity index is 1.83. The zero-order valence-electron chi connectivity index (χ0n) is 20.0. The summed E-state index contributed by atoms with van der Waals surface area (Å²) in [5.74, 6) is -0.190. The summed E-state index contributed by atoms with van der Waals surface area (Å²) in [5.41, 5.74) is 2.78. The molecule has 3 aromatic rings. The first-order valence-corrected chi connectivity index (χ1v) is 12.8. The summed E-state index contributed by atoms with van der Waals surface area (Å²) in [6.07, 6.45) is 0. The van der Waals surface area contributed by atoms with Crippen molar-refractivity contribution in [3.8, 4) is 5.75 Å². The smallest absolute Gasteiger partial charge is 0.338 e. The fraction of sp³-hybridized carbons (Fsp3) is 0.231. The predicted octanol–water partition coefficient (Wildman–Crippen LogP) is 2.92. The topological polar surface area (TPSA) is 90.2 Å². The summed E-state index contributed by atoms with van der Waals surface area (Å²) in [5, 5.41) is 0.